The maximum atomic E-state index is 12.7. The summed E-state index contributed by atoms with van der Waals surface area (Å²) in [4.78, 5) is 65.3. The minimum absolute atomic E-state index is 0.114. The summed E-state index contributed by atoms with van der Waals surface area (Å²) >= 11 is 0. The lowest BCUT2D eigenvalue weighted by Crippen LogP contribution is -2.59. The van der Waals surface area contributed by atoms with Gasteiger partial charge < -0.3 is 47.1 Å². The number of aromatic amines is 1. The van der Waals surface area contributed by atoms with E-state index in [9.17, 15) is 29.1 Å². The highest BCUT2D eigenvalue weighted by Crippen LogP contribution is 2.02. The minimum atomic E-state index is -1.65. The Kier molecular flexibility index (Phi) is 10.7. The molecule has 0 spiro atoms. The Morgan fingerprint density at radius 1 is 0.938 bits per heavy atom. The average Bonchev–Trinajstić information content (AvgIpc) is 3.25. The first-order chi connectivity index (χ1) is 15.1. The quantitative estimate of drug-likeness (QED) is 0.129. The molecule has 0 saturated carbocycles. The summed E-state index contributed by atoms with van der Waals surface area (Å²) in [6, 6.07) is -5.76. The van der Waals surface area contributed by atoms with Crippen LogP contribution in [0.2, 0.25) is 0 Å². The van der Waals surface area contributed by atoms with Gasteiger partial charge in [0.05, 0.1) is 25.6 Å². The van der Waals surface area contributed by atoms with Crippen LogP contribution in [0, 0.1) is 0 Å². The number of nitrogens with two attached hydrogens (primary N) is 1. The average molecular weight is 458 g/mol. The zero-order chi connectivity index (χ0) is 24.3. The summed E-state index contributed by atoms with van der Waals surface area (Å²) in [7, 11) is 0. The Morgan fingerprint density at radius 2 is 1.50 bits per heavy atom. The van der Waals surface area contributed by atoms with Gasteiger partial charge in [0.1, 0.15) is 18.1 Å². The highest BCUT2D eigenvalue weighted by Gasteiger charge is 2.30. The van der Waals surface area contributed by atoms with Crippen molar-refractivity contribution < 1.29 is 44.4 Å². The number of nitrogens with one attached hydrogen (secondary N) is 4. The molecule has 1 aromatic heterocycles. The van der Waals surface area contributed by atoms with Crippen LogP contribution in [0.4, 0.5) is 0 Å². The molecule has 15 heteroatoms. The van der Waals surface area contributed by atoms with Gasteiger partial charge in [0.15, 0.2) is 0 Å². The third-order valence-electron chi connectivity index (χ3n) is 4.23. The maximum Gasteiger partial charge on any atom is 0.328 e. The number of amides is 3. The van der Waals surface area contributed by atoms with E-state index < -0.39 is 67.0 Å². The van der Waals surface area contributed by atoms with Crippen molar-refractivity contribution in [3.8, 4) is 0 Å². The van der Waals surface area contributed by atoms with E-state index >= 15 is 0 Å². The Morgan fingerprint density at radius 3 is 2.00 bits per heavy atom. The molecule has 4 atom stereocenters. The first-order valence-corrected chi connectivity index (χ1v) is 9.39. The summed E-state index contributed by atoms with van der Waals surface area (Å²) in [5, 5.41) is 42.5. The fourth-order valence-corrected chi connectivity index (χ4v) is 2.44. The number of carboxylic acids is 2. The lowest BCUT2D eigenvalue weighted by molar-refractivity contribution is -0.143. The fourth-order valence-electron chi connectivity index (χ4n) is 2.44. The van der Waals surface area contributed by atoms with E-state index in [-0.39, 0.29) is 19.3 Å². The predicted molar refractivity (Wildman–Crippen MR) is 105 cm³/mol. The summed E-state index contributed by atoms with van der Waals surface area (Å²) in [5.41, 5.74) is 6.08. The second-order valence-electron chi connectivity index (χ2n) is 6.71. The van der Waals surface area contributed by atoms with Crippen LogP contribution in [0.15, 0.2) is 12.5 Å². The summed E-state index contributed by atoms with van der Waals surface area (Å²) in [5.74, 6) is -5.49. The van der Waals surface area contributed by atoms with Gasteiger partial charge in [0.2, 0.25) is 17.7 Å². The summed E-state index contributed by atoms with van der Waals surface area (Å²) in [6.45, 7) is -1.82. The van der Waals surface area contributed by atoms with Crippen LogP contribution in [0.5, 0.6) is 0 Å². The van der Waals surface area contributed by atoms with Crippen molar-refractivity contribution in [3.05, 3.63) is 18.2 Å². The second-order valence-corrected chi connectivity index (χ2v) is 6.71. The third-order valence-corrected chi connectivity index (χ3v) is 4.23. The lowest BCUT2D eigenvalue weighted by atomic mass is 10.1. The molecular weight excluding hydrogens is 432 g/mol. The SMILES string of the molecule is NC(CCC(=O)O)C(=O)NC(Cc1cnc[nH]1)C(=O)NC(CO)C(=O)NC(CO)C(=O)O. The van der Waals surface area contributed by atoms with E-state index in [0.717, 1.165) is 0 Å². The molecule has 1 aromatic rings. The number of aliphatic hydroxyl groups excluding tert-OH is 2. The molecular formula is C17H26N6O9. The molecule has 0 fully saturated rings. The van der Waals surface area contributed by atoms with Crippen molar-refractivity contribution >= 4 is 29.7 Å². The van der Waals surface area contributed by atoms with E-state index in [2.05, 4.69) is 20.6 Å². The monoisotopic (exact) mass is 458 g/mol. The van der Waals surface area contributed by atoms with Gasteiger partial charge in [0, 0.05) is 24.7 Å². The molecule has 0 aromatic carbocycles. The number of aliphatic carboxylic acids is 2. The minimum Gasteiger partial charge on any atom is -0.481 e. The molecule has 10 N–H and O–H groups in total. The van der Waals surface area contributed by atoms with Crippen LogP contribution in [0.1, 0.15) is 18.5 Å². The van der Waals surface area contributed by atoms with Gasteiger partial charge >= 0.3 is 11.9 Å². The zero-order valence-corrected chi connectivity index (χ0v) is 16.9. The molecule has 0 aliphatic carbocycles. The first-order valence-electron chi connectivity index (χ1n) is 9.39. The number of H-pyrrole nitrogens is 1. The molecule has 3 amide bonds. The molecule has 1 rings (SSSR count). The molecule has 0 saturated heterocycles. The number of aliphatic hydroxyl groups is 2. The van der Waals surface area contributed by atoms with E-state index in [1.165, 1.54) is 12.5 Å². The maximum absolute atomic E-state index is 12.7. The van der Waals surface area contributed by atoms with Crippen molar-refractivity contribution in [2.24, 2.45) is 5.73 Å². The Hall–Kier alpha value is -3.56. The van der Waals surface area contributed by atoms with Gasteiger partial charge in [0.25, 0.3) is 0 Å². The second kappa shape index (κ2) is 13.0. The molecule has 32 heavy (non-hydrogen) atoms. The van der Waals surface area contributed by atoms with Gasteiger partial charge in [-0.2, -0.15) is 0 Å². The number of carboxylic acid groups (broad SMARTS) is 2. The number of hydrogen-bond acceptors (Lipinski definition) is 9. The Balaban J connectivity index is 2.89. The van der Waals surface area contributed by atoms with Crippen LogP contribution in [-0.2, 0) is 30.4 Å². The predicted octanol–water partition coefficient (Wildman–Crippen LogP) is -4.33. The van der Waals surface area contributed by atoms with Gasteiger partial charge in [-0.1, -0.05) is 0 Å². The van der Waals surface area contributed by atoms with Gasteiger partial charge in [-0.25, -0.2) is 9.78 Å². The smallest absolute Gasteiger partial charge is 0.328 e. The van der Waals surface area contributed by atoms with Crippen molar-refractivity contribution in [3.63, 3.8) is 0 Å². The van der Waals surface area contributed by atoms with Crippen molar-refractivity contribution in [2.45, 2.75) is 43.4 Å². The Bertz CT molecular complexity index is 800. The normalized spacial score (nSPS) is 14.5. The molecule has 15 nitrogen and oxygen atoms in total. The van der Waals surface area contributed by atoms with E-state index in [1.807, 2.05) is 5.32 Å². The highest BCUT2D eigenvalue weighted by molar-refractivity contribution is 5.94. The lowest BCUT2D eigenvalue weighted by Gasteiger charge is -2.23. The van der Waals surface area contributed by atoms with E-state index in [0.29, 0.717) is 5.69 Å². The molecule has 0 radical (unpaired) electrons. The molecule has 0 aliphatic rings. The molecule has 4 unspecified atom stereocenters. The topological polar surface area (TPSA) is 257 Å². The number of carbonyl (C=O) groups is 5. The van der Waals surface area contributed by atoms with Crippen LogP contribution in [-0.4, -0.2) is 97.4 Å². The Labute approximate surface area is 181 Å². The molecule has 0 bridgehead atoms. The van der Waals surface area contributed by atoms with E-state index in [1.54, 1.807) is 0 Å². The molecule has 178 valence electrons. The first kappa shape index (κ1) is 26.5. The zero-order valence-electron chi connectivity index (χ0n) is 16.9. The van der Waals surface area contributed by atoms with Crippen molar-refractivity contribution in [1.29, 1.82) is 0 Å². The molecule has 1 heterocycles. The number of aromatic nitrogens is 2. The number of carbonyl (C=O) groups excluding carboxylic acids is 3. The van der Waals surface area contributed by atoms with Gasteiger partial charge in [-0.3, -0.25) is 19.2 Å². The highest BCUT2D eigenvalue weighted by atomic mass is 16.4. The van der Waals surface area contributed by atoms with Crippen molar-refractivity contribution in [2.75, 3.05) is 13.2 Å². The van der Waals surface area contributed by atoms with Gasteiger partial charge in [-0.05, 0) is 6.42 Å². The standard InChI is InChI=1S/C17H26N6O9/c18-9(1-2-13(26)27)14(28)21-10(3-8-4-19-7-20-8)15(29)22-11(5-24)16(30)23-12(6-25)17(31)32/h4,7,9-12,24-25H,1-3,5-6,18H2,(H,19,20)(H,21,28)(H,22,29)(H,23,30)(H,26,27)(H,31,32). The van der Waals surface area contributed by atoms with Gasteiger partial charge in [-0.15, -0.1) is 0 Å². The third kappa shape index (κ3) is 8.66. The number of imidazole rings is 1. The van der Waals surface area contributed by atoms with Crippen LogP contribution < -0.4 is 21.7 Å². The number of rotatable bonds is 14. The fraction of sp³-hybridized carbons (Fsp3) is 0.529. The largest absolute Gasteiger partial charge is 0.481 e. The number of hydrogen-bond donors (Lipinski definition) is 9. The van der Waals surface area contributed by atoms with Crippen LogP contribution >= 0.6 is 0 Å². The summed E-state index contributed by atoms with van der Waals surface area (Å²) in [6.07, 6.45) is 2.05. The summed E-state index contributed by atoms with van der Waals surface area (Å²) < 4.78 is 0. The van der Waals surface area contributed by atoms with E-state index in [4.69, 9.17) is 21.1 Å². The molecule has 0 aliphatic heterocycles. The van der Waals surface area contributed by atoms with Crippen LogP contribution in [0.25, 0.3) is 0 Å². The number of nitrogens with zero attached hydrogens (tertiary/aromatic N) is 1. The van der Waals surface area contributed by atoms with Crippen LogP contribution in [0.3, 0.4) is 0 Å². The van der Waals surface area contributed by atoms with Crippen molar-refractivity contribution in [1.82, 2.24) is 25.9 Å².